The zero-order chi connectivity index (χ0) is 10.7. The van der Waals surface area contributed by atoms with Gasteiger partial charge in [0.2, 0.25) is 0 Å². The quantitative estimate of drug-likeness (QED) is 0.691. The third kappa shape index (κ3) is 1.64. The molecule has 0 N–H and O–H groups in total. The minimum absolute atomic E-state index is 0.862. The molecule has 1 aliphatic carbocycles. The van der Waals surface area contributed by atoms with E-state index in [-0.39, 0.29) is 0 Å². The Morgan fingerprint density at radius 1 is 1.40 bits per heavy atom. The van der Waals surface area contributed by atoms with Crippen molar-refractivity contribution < 1.29 is 0 Å². The van der Waals surface area contributed by atoms with Gasteiger partial charge in [-0.3, -0.25) is 4.99 Å². The second-order valence-corrected chi connectivity index (χ2v) is 3.09. The summed E-state index contributed by atoms with van der Waals surface area (Å²) in [7, 11) is 1.76. The fourth-order valence-electron chi connectivity index (χ4n) is 1.54. The molecule has 0 bridgehead atoms. The van der Waals surface area contributed by atoms with Crippen molar-refractivity contribution in [2.24, 2.45) is 4.99 Å². The third-order valence-corrected chi connectivity index (χ3v) is 2.23. The highest BCUT2D eigenvalue weighted by Crippen LogP contribution is 2.24. The van der Waals surface area contributed by atoms with E-state index in [2.05, 4.69) is 21.8 Å². The molecule has 0 fully saturated rings. The van der Waals surface area contributed by atoms with Gasteiger partial charge in [0, 0.05) is 18.2 Å². The van der Waals surface area contributed by atoms with Crippen LogP contribution >= 0.6 is 0 Å². The van der Waals surface area contributed by atoms with E-state index >= 15 is 0 Å². The van der Waals surface area contributed by atoms with Gasteiger partial charge in [-0.05, 0) is 12.1 Å². The molecular formula is C12H11N3. The minimum Gasteiger partial charge on any atom is -0.288 e. The minimum atomic E-state index is 0.862. The lowest BCUT2D eigenvalue weighted by atomic mass is 9.96. The molecule has 3 nitrogen and oxygen atoms in total. The third-order valence-electron chi connectivity index (χ3n) is 2.23. The Labute approximate surface area is 88.6 Å². The van der Waals surface area contributed by atoms with E-state index in [1.807, 2.05) is 24.3 Å². The zero-order valence-corrected chi connectivity index (χ0v) is 8.51. The van der Waals surface area contributed by atoms with Crippen molar-refractivity contribution in [3.63, 3.8) is 0 Å². The van der Waals surface area contributed by atoms with Gasteiger partial charge >= 0.3 is 0 Å². The molecule has 0 unspecified atom stereocenters. The first-order valence-corrected chi connectivity index (χ1v) is 4.67. The van der Waals surface area contributed by atoms with Crippen molar-refractivity contribution in [1.82, 2.24) is 10.2 Å². The van der Waals surface area contributed by atoms with Gasteiger partial charge in [-0.25, -0.2) is 0 Å². The van der Waals surface area contributed by atoms with Crippen LogP contribution in [0.25, 0.3) is 11.6 Å². The number of allylic oxidation sites excluding steroid dienone is 4. The summed E-state index contributed by atoms with van der Waals surface area (Å²) in [6.07, 6.45) is 9.28. The maximum Gasteiger partial charge on any atom is 0.102 e. The number of aliphatic imine (C=N–C) groups is 1. The lowest BCUT2D eigenvalue weighted by molar-refractivity contribution is 1.01. The number of hydrogen-bond donors (Lipinski definition) is 0. The summed E-state index contributed by atoms with van der Waals surface area (Å²) in [5.74, 6) is 0. The summed E-state index contributed by atoms with van der Waals surface area (Å²) >= 11 is 0. The molecule has 74 valence electrons. The molecule has 0 radical (unpaired) electrons. The predicted molar refractivity (Wildman–Crippen MR) is 62.6 cm³/mol. The molecule has 0 saturated heterocycles. The van der Waals surface area contributed by atoms with Crippen LogP contribution in [-0.2, 0) is 0 Å². The maximum absolute atomic E-state index is 4.19. The molecule has 1 aromatic heterocycles. The van der Waals surface area contributed by atoms with E-state index in [0.717, 1.165) is 22.5 Å². The van der Waals surface area contributed by atoms with Crippen LogP contribution in [0.3, 0.4) is 0 Å². The van der Waals surface area contributed by atoms with Gasteiger partial charge in [0.15, 0.2) is 0 Å². The molecule has 0 saturated carbocycles. The number of fused-ring (bicyclic) bond motifs is 1. The second kappa shape index (κ2) is 4.00. The molecule has 15 heavy (non-hydrogen) atoms. The Balaban J connectivity index is 2.65. The van der Waals surface area contributed by atoms with Gasteiger partial charge in [0.25, 0.3) is 0 Å². The first-order valence-electron chi connectivity index (χ1n) is 4.67. The highest BCUT2D eigenvalue weighted by molar-refractivity contribution is 6.32. The van der Waals surface area contributed by atoms with E-state index < -0.39 is 0 Å². The molecule has 0 aliphatic heterocycles. The van der Waals surface area contributed by atoms with Crippen molar-refractivity contribution in [3.8, 4) is 0 Å². The Bertz CT molecular complexity index is 481. The Hall–Kier alpha value is -2.03. The second-order valence-electron chi connectivity index (χ2n) is 3.09. The molecule has 1 heterocycles. The summed E-state index contributed by atoms with van der Waals surface area (Å²) < 4.78 is 0. The van der Waals surface area contributed by atoms with Gasteiger partial charge in [0.05, 0.1) is 11.9 Å². The first-order chi connectivity index (χ1) is 7.36. The largest absolute Gasteiger partial charge is 0.288 e. The molecular weight excluding hydrogens is 186 g/mol. The molecule has 0 spiro atoms. The van der Waals surface area contributed by atoms with Crippen LogP contribution in [-0.4, -0.2) is 23.0 Å². The topological polar surface area (TPSA) is 38.1 Å². The van der Waals surface area contributed by atoms with Crippen LogP contribution < -0.4 is 0 Å². The Morgan fingerprint density at radius 2 is 2.27 bits per heavy atom. The Kier molecular flexibility index (Phi) is 2.54. The van der Waals surface area contributed by atoms with E-state index in [4.69, 9.17) is 0 Å². The van der Waals surface area contributed by atoms with Gasteiger partial charge in [0.1, 0.15) is 5.69 Å². The first kappa shape index (κ1) is 9.52. The monoisotopic (exact) mass is 197 g/mol. The molecule has 2 rings (SSSR count). The number of rotatable bonds is 1. The van der Waals surface area contributed by atoms with Crippen LogP contribution in [0, 0.1) is 0 Å². The maximum atomic E-state index is 4.19. The van der Waals surface area contributed by atoms with Gasteiger partial charge in [-0.15, -0.1) is 5.10 Å². The molecule has 1 aliphatic rings. The number of aromatic nitrogens is 2. The molecule has 0 atom stereocenters. The van der Waals surface area contributed by atoms with Crippen molar-refractivity contribution in [3.05, 3.63) is 48.3 Å². The lowest BCUT2D eigenvalue weighted by Gasteiger charge is -2.13. The summed E-state index contributed by atoms with van der Waals surface area (Å²) in [6.45, 7) is 3.69. The highest BCUT2D eigenvalue weighted by atomic mass is 15.1. The number of nitrogens with zero attached hydrogens (tertiary/aromatic N) is 3. The van der Waals surface area contributed by atoms with Crippen molar-refractivity contribution in [2.75, 3.05) is 7.05 Å². The SMILES string of the molecule is C=C/C=C1\C(=N/C)C=Cc2ccnnc21. The van der Waals surface area contributed by atoms with Gasteiger partial charge in [-0.1, -0.05) is 24.8 Å². The normalized spacial score (nSPS) is 19.3. The fraction of sp³-hybridized carbons (Fsp3) is 0.0833. The summed E-state index contributed by atoms with van der Waals surface area (Å²) in [5, 5.41) is 8.00. The van der Waals surface area contributed by atoms with Crippen LogP contribution in [0.5, 0.6) is 0 Å². The van der Waals surface area contributed by atoms with Crippen molar-refractivity contribution in [1.29, 1.82) is 0 Å². The fourth-order valence-corrected chi connectivity index (χ4v) is 1.54. The van der Waals surface area contributed by atoms with Crippen molar-refractivity contribution >= 4 is 17.4 Å². The zero-order valence-electron chi connectivity index (χ0n) is 8.51. The van der Waals surface area contributed by atoms with Crippen LogP contribution in [0.15, 0.2) is 42.1 Å². The molecule has 0 amide bonds. The summed E-state index contributed by atoms with van der Waals surface area (Å²) in [5.41, 5.74) is 3.80. The summed E-state index contributed by atoms with van der Waals surface area (Å²) in [6, 6.07) is 1.93. The Morgan fingerprint density at radius 3 is 3.00 bits per heavy atom. The van der Waals surface area contributed by atoms with E-state index in [9.17, 15) is 0 Å². The van der Waals surface area contributed by atoms with E-state index in [1.54, 1.807) is 19.3 Å². The highest BCUT2D eigenvalue weighted by Gasteiger charge is 2.15. The van der Waals surface area contributed by atoms with Crippen molar-refractivity contribution in [2.45, 2.75) is 0 Å². The summed E-state index contributed by atoms with van der Waals surface area (Å²) in [4.78, 5) is 4.19. The lowest BCUT2D eigenvalue weighted by Crippen LogP contribution is -2.07. The standard InChI is InChI=1S/C12H11N3/c1-3-4-10-11(13-2)6-5-9-7-8-14-15-12(9)10/h3-8H,1H2,2H3/b10-4+,13-11-. The average molecular weight is 197 g/mol. The van der Waals surface area contributed by atoms with Crippen LogP contribution in [0.1, 0.15) is 11.3 Å². The molecule has 3 heteroatoms. The van der Waals surface area contributed by atoms with Crippen LogP contribution in [0.4, 0.5) is 0 Å². The van der Waals surface area contributed by atoms with Gasteiger partial charge in [-0.2, -0.15) is 5.10 Å². The smallest absolute Gasteiger partial charge is 0.102 e. The van der Waals surface area contributed by atoms with E-state index in [0.29, 0.717) is 0 Å². The number of hydrogen-bond acceptors (Lipinski definition) is 3. The predicted octanol–water partition coefficient (Wildman–Crippen LogP) is 2.14. The molecule has 0 aromatic carbocycles. The van der Waals surface area contributed by atoms with Crippen LogP contribution in [0.2, 0.25) is 0 Å². The van der Waals surface area contributed by atoms with E-state index in [1.165, 1.54) is 0 Å². The molecule has 1 aromatic rings. The van der Waals surface area contributed by atoms with Gasteiger partial charge < -0.3 is 0 Å². The average Bonchev–Trinajstić information content (AvgIpc) is 2.30.